The van der Waals surface area contributed by atoms with Crippen molar-refractivity contribution in [3.05, 3.63) is 59.4 Å². The lowest BCUT2D eigenvalue weighted by Crippen LogP contribution is -2.61. The number of hydrogen-bond acceptors (Lipinski definition) is 3. The van der Waals surface area contributed by atoms with Gasteiger partial charge in [-0.3, -0.25) is 4.79 Å². The Balaban J connectivity index is 1.41. The summed E-state index contributed by atoms with van der Waals surface area (Å²) in [5, 5.41) is 2.77. The topological polar surface area (TPSA) is 74.4 Å². The van der Waals surface area contributed by atoms with Crippen LogP contribution in [0.15, 0.2) is 42.7 Å². The number of carbonyl (C=O) groups excluding carboxylic acids is 2. The third-order valence-electron chi connectivity index (χ3n) is 3.89. The molecule has 1 aliphatic rings. The molecule has 0 saturated carbocycles. The van der Waals surface area contributed by atoms with Gasteiger partial charge in [0.05, 0.1) is 11.6 Å². The van der Waals surface area contributed by atoms with Crippen molar-refractivity contribution < 1.29 is 14.3 Å². The first-order chi connectivity index (χ1) is 11.1. The van der Waals surface area contributed by atoms with E-state index in [1.807, 2.05) is 37.3 Å². The molecular formula is C17H19N3O3. The Kier molecular flexibility index (Phi) is 4.32. The predicted molar refractivity (Wildman–Crippen MR) is 85.0 cm³/mol. The molecule has 2 aromatic rings. The van der Waals surface area contributed by atoms with Crippen molar-refractivity contribution in [3.8, 4) is 0 Å². The Morgan fingerprint density at radius 1 is 1.26 bits per heavy atom. The normalized spacial score (nSPS) is 14.2. The van der Waals surface area contributed by atoms with E-state index in [4.69, 9.17) is 4.74 Å². The van der Waals surface area contributed by atoms with Crippen molar-refractivity contribution in [2.24, 2.45) is 0 Å². The molecule has 2 heterocycles. The van der Waals surface area contributed by atoms with Gasteiger partial charge in [0.25, 0.3) is 5.91 Å². The lowest BCUT2D eigenvalue weighted by atomic mass is 10.1. The number of ether oxygens (including phenoxy) is 1. The first-order valence-corrected chi connectivity index (χ1v) is 7.53. The van der Waals surface area contributed by atoms with E-state index in [9.17, 15) is 9.59 Å². The number of likely N-dealkylation sites (tertiary alicyclic amines) is 1. The number of nitrogens with one attached hydrogen (secondary N) is 2. The number of H-pyrrole nitrogens is 1. The van der Waals surface area contributed by atoms with Crippen molar-refractivity contribution in [1.82, 2.24) is 15.2 Å². The fraction of sp³-hybridized carbons (Fsp3) is 0.294. The molecule has 0 spiro atoms. The first kappa shape index (κ1) is 15.1. The van der Waals surface area contributed by atoms with Crippen molar-refractivity contribution in [2.75, 3.05) is 13.1 Å². The molecule has 0 atom stereocenters. The quantitative estimate of drug-likeness (QED) is 0.907. The average molecular weight is 313 g/mol. The zero-order valence-electron chi connectivity index (χ0n) is 12.9. The maximum atomic E-state index is 12.2. The smallest absolute Gasteiger partial charge is 0.407 e. The van der Waals surface area contributed by atoms with Crippen LogP contribution in [0, 0.1) is 6.92 Å². The molecule has 0 unspecified atom stereocenters. The largest absolute Gasteiger partial charge is 0.445 e. The average Bonchev–Trinajstić information content (AvgIpc) is 2.95. The SMILES string of the molecule is Cc1c[nH]cc1C(=O)N1CC(NC(=O)OCc2ccccc2)C1. The number of hydrogen-bond donors (Lipinski definition) is 2. The molecule has 1 aromatic carbocycles. The molecule has 6 heteroatoms. The summed E-state index contributed by atoms with van der Waals surface area (Å²) in [5.41, 5.74) is 2.54. The van der Waals surface area contributed by atoms with Crippen molar-refractivity contribution in [3.63, 3.8) is 0 Å². The minimum Gasteiger partial charge on any atom is -0.445 e. The second-order valence-electron chi connectivity index (χ2n) is 5.67. The highest BCUT2D eigenvalue weighted by Crippen LogP contribution is 2.16. The number of aromatic amines is 1. The number of rotatable bonds is 4. The van der Waals surface area contributed by atoms with Crippen LogP contribution in [0.5, 0.6) is 0 Å². The summed E-state index contributed by atoms with van der Waals surface area (Å²) >= 11 is 0. The van der Waals surface area contributed by atoms with Crippen LogP contribution >= 0.6 is 0 Å². The summed E-state index contributed by atoms with van der Waals surface area (Å²) in [7, 11) is 0. The summed E-state index contributed by atoms with van der Waals surface area (Å²) < 4.78 is 5.16. The molecule has 120 valence electrons. The van der Waals surface area contributed by atoms with Gasteiger partial charge < -0.3 is 19.9 Å². The summed E-state index contributed by atoms with van der Waals surface area (Å²) in [4.78, 5) is 28.6. The van der Waals surface area contributed by atoms with Gasteiger partial charge in [0.2, 0.25) is 0 Å². The molecule has 0 aliphatic carbocycles. The molecule has 23 heavy (non-hydrogen) atoms. The summed E-state index contributed by atoms with van der Waals surface area (Å²) in [5.74, 6) is -0.0144. The lowest BCUT2D eigenvalue weighted by molar-refractivity contribution is 0.0545. The highest BCUT2D eigenvalue weighted by molar-refractivity contribution is 5.96. The molecule has 1 fully saturated rings. The second-order valence-corrected chi connectivity index (χ2v) is 5.67. The molecular weight excluding hydrogens is 294 g/mol. The van der Waals surface area contributed by atoms with E-state index in [-0.39, 0.29) is 18.6 Å². The number of amides is 2. The van der Waals surface area contributed by atoms with Crippen LogP contribution in [0.4, 0.5) is 4.79 Å². The molecule has 1 saturated heterocycles. The van der Waals surface area contributed by atoms with Crippen LogP contribution in [0.1, 0.15) is 21.5 Å². The molecule has 1 aromatic heterocycles. The minimum absolute atomic E-state index is 0.0144. The lowest BCUT2D eigenvalue weighted by Gasteiger charge is -2.39. The number of carbonyl (C=O) groups is 2. The molecule has 2 N–H and O–H groups in total. The van der Waals surface area contributed by atoms with Crippen molar-refractivity contribution in [1.29, 1.82) is 0 Å². The molecule has 2 amide bonds. The van der Waals surface area contributed by atoms with Crippen LogP contribution in [-0.4, -0.2) is 41.0 Å². The van der Waals surface area contributed by atoms with Gasteiger partial charge in [-0.1, -0.05) is 30.3 Å². The van der Waals surface area contributed by atoms with E-state index in [1.165, 1.54) is 0 Å². The monoisotopic (exact) mass is 313 g/mol. The van der Waals surface area contributed by atoms with E-state index < -0.39 is 6.09 Å². The standard InChI is InChI=1S/C17H19N3O3/c1-12-7-18-8-15(12)16(21)20-9-14(10-20)19-17(22)23-11-13-5-3-2-4-6-13/h2-8,14,18H,9-11H2,1H3,(H,19,22). The molecule has 0 radical (unpaired) electrons. The maximum absolute atomic E-state index is 12.2. The Morgan fingerprint density at radius 3 is 2.65 bits per heavy atom. The zero-order chi connectivity index (χ0) is 16.2. The Labute approximate surface area is 134 Å². The number of nitrogens with zero attached hydrogens (tertiary/aromatic N) is 1. The summed E-state index contributed by atoms with van der Waals surface area (Å²) in [6.07, 6.45) is 3.04. The number of aryl methyl sites for hydroxylation is 1. The van der Waals surface area contributed by atoms with Crippen LogP contribution in [-0.2, 0) is 11.3 Å². The van der Waals surface area contributed by atoms with E-state index >= 15 is 0 Å². The van der Waals surface area contributed by atoms with Gasteiger partial charge >= 0.3 is 6.09 Å². The zero-order valence-corrected chi connectivity index (χ0v) is 12.9. The van der Waals surface area contributed by atoms with Gasteiger partial charge in [-0.2, -0.15) is 0 Å². The third-order valence-corrected chi connectivity index (χ3v) is 3.89. The van der Waals surface area contributed by atoms with Crippen LogP contribution < -0.4 is 5.32 Å². The minimum atomic E-state index is -0.455. The number of aromatic nitrogens is 1. The van der Waals surface area contributed by atoms with Crippen LogP contribution in [0.3, 0.4) is 0 Å². The Bertz CT molecular complexity index is 690. The Morgan fingerprint density at radius 2 is 2.00 bits per heavy atom. The number of benzene rings is 1. The van der Waals surface area contributed by atoms with Crippen LogP contribution in [0.25, 0.3) is 0 Å². The fourth-order valence-corrected chi connectivity index (χ4v) is 2.51. The second kappa shape index (κ2) is 6.56. The van der Waals surface area contributed by atoms with Gasteiger partial charge in [0.1, 0.15) is 6.61 Å². The van der Waals surface area contributed by atoms with Gasteiger partial charge in [0.15, 0.2) is 0 Å². The molecule has 3 rings (SSSR count). The van der Waals surface area contributed by atoms with Gasteiger partial charge in [-0.25, -0.2) is 4.79 Å². The van der Waals surface area contributed by atoms with Crippen molar-refractivity contribution >= 4 is 12.0 Å². The van der Waals surface area contributed by atoms with Crippen molar-refractivity contribution in [2.45, 2.75) is 19.6 Å². The Hall–Kier alpha value is -2.76. The summed E-state index contributed by atoms with van der Waals surface area (Å²) in [6, 6.07) is 9.45. The molecule has 0 bridgehead atoms. The highest BCUT2D eigenvalue weighted by Gasteiger charge is 2.33. The predicted octanol–water partition coefficient (Wildman–Crippen LogP) is 2.07. The van der Waals surface area contributed by atoms with E-state index in [1.54, 1.807) is 17.3 Å². The third kappa shape index (κ3) is 3.53. The van der Waals surface area contributed by atoms with Gasteiger partial charge in [-0.15, -0.1) is 0 Å². The van der Waals surface area contributed by atoms with Gasteiger partial charge in [0, 0.05) is 25.5 Å². The van der Waals surface area contributed by atoms with Crippen LogP contribution in [0.2, 0.25) is 0 Å². The maximum Gasteiger partial charge on any atom is 0.407 e. The van der Waals surface area contributed by atoms with E-state index in [0.29, 0.717) is 18.7 Å². The molecule has 6 nitrogen and oxygen atoms in total. The first-order valence-electron chi connectivity index (χ1n) is 7.53. The van der Waals surface area contributed by atoms with Gasteiger partial charge in [-0.05, 0) is 18.1 Å². The molecule has 1 aliphatic heterocycles. The summed E-state index contributed by atoms with van der Waals surface area (Å²) in [6.45, 7) is 3.14. The highest BCUT2D eigenvalue weighted by atomic mass is 16.5. The van der Waals surface area contributed by atoms with E-state index in [2.05, 4.69) is 10.3 Å². The number of alkyl carbamates (subject to hydrolysis) is 1. The van der Waals surface area contributed by atoms with E-state index in [0.717, 1.165) is 11.1 Å². The fourth-order valence-electron chi connectivity index (χ4n) is 2.51.